The Morgan fingerprint density at radius 2 is 1.74 bits per heavy atom. The highest BCUT2D eigenvalue weighted by molar-refractivity contribution is 7.89. The number of nitrogens with one attached hydrogen (secondary N) is 1. The Kier molecular flexibility index (Phi) is 6.05. The summed E-state index contributed by atoms with van der Waals surface area (Å²) >= 11 is 0. The second-order valence-electron chi connectivity index (χ2n) is 6.22. The van der Waals surface area contributed by atoms with Crippen LogP contribution < -0.4 is 5.32 Å². The summed E-state index contributed by atoms with van der Waals surface area (Å²) in [5, 5.41) is 2.74. The molecule has 0 aromatic heterocycles. The minimum absolute atomic E-state index is 0.206. The number of amides is 1. The molecular formula is C20H22N2O4S. The van der Waals surface area contributed by atoms with Crippen molar-refractivity contribution in [2.75, 3.05) is 31.6 Å². The van der Waals surface area contributed by atoms with E-state index in [4.69, 9.17) is 4.74 Å². The fourth-order valence-electron chi connectivity index (χ4n) is 2.77. The van der Waals surface area contributed by atoms with Crippen LogP contribution in [0.2, 0.25) is 0 Å². The van der Waals surface area contributed by atoms with E-state index in [9.17, 15) is 13.2 Å². The molecule has 27 heavy (non-hydrogen) atoms. The van der Waals surface area contributed by atoms with E-state index in [2.05, 4.69) is 5.32 Å². The van der Waals surface area contributed by atoms with E-state index < -0.39 is 10.0 Å². The van der Waals surface area contributed by atoms with Crippen molar-refractivity contribution < 1.29 is 17.9 Å². The van der Waals surface area contributed by atoms with Gasteiger partial charge in [-0.05, 0) is 48.4 Å². The third kappa shape index (κ3) is 4.82. The van der Waals surface area contributed by atoms with Crippen LogP contribution in [0.25, 0.3) is 6.08 Å². The van der Waals surface area contributed by atoms with E-state index in [-0.39, 0.29) is 10.8 Å². The van der Waals surface area contributed by atoms with Gasteiger partial charge in [0.2, 0.25) is 15.9 Å². The van der Waals surface area contributed by atoms with Crippen LogP contribution in [-0.4, -0.2) is 44.9 Å². The lowest BCUT2D eigenvalue weighted by atomic mass is 10.1. The van der Waals surface area contributed by atoms with Gasteiger partial charge in [0.25, 0.3) is 0 Å². The third-order valence-electron chi connectivity index (χ3n) is 4.33. The van der Waals surface area contributed by atoms with Crippen LogP contribution in [0.5, 0.6) is 0 Å². The molecule has 0 spiro atoms. The molecule has 1 N–H and O–H groups in total. The second kappa shape index (κ2) is 8.47. The number of carbonyl (C=O) groups excluding carboxylic acids is 1. The minimum Gasteiger partial charge on any atom is -0.379 e. The van der Waals surface area contributed by atoms with E-state index in [1.807, 2.05) is 31.2 Å². The Balaban J connectivity index is 1.65. The molecule has 1 aliphatic heterocycles. The number of anilines is 1. The lowest BCUT2D eigenvalue weighted by molar-refractivity contribution is -0.111. The number of hydrogen-bond donors (Lipinski definition) is 1. The molecule has 0 saturated carbocycles. The summed E-state index contributed by atoms with van der Waals surface area (Å²) in [6.45, 7) is 3.49. The average molecular weight is 386 g/mol. The van der Waals surface area contributed by atoms with Crippen molar-refractivity contribution in [3.63, 3.8) is 0 Å². The Bertz CT molecular complexity index is 931. The zero-order valence-corrected chi connectivity index (χ0v) is 15.9. The van der Waals surface area contributed by atoms with Gasteiger partial charge in [0.1, 0.15) is 0 Å². The van der Waals surface area contributed by atoms with E-state index in [1.165, 1.54) is 22.5 Å². The first-order chi connectivity index (χ1) is 13.0. The van der Waals surface area contributed by atoms with Gasteiger partial charge < -0.3 is 10.1 Å². The van der Waals surface area contributed by atoms with Crippen LogP contribution in [0.4, 0.5) is 5.69 Å². The van der Waals surface area contributed by atoms with Gasteiger partial charge in [0.15, 0.2) is 0 Å². The number of benzene rings is 2. The molecule has 6 nitrogen and oxygen atoms in total. The molecule has 1 aliphatic rings. The van der Waals surface area contributed by atoms with Crippen molar-refractivity contribution in [2.45, 2.75) is 11.8 Å². The molecule has 0 atom stereocenters. The molecule has 3 rings (SSSR count). The van der Waals surface area contributed by atoms with Gasteiger partial charge in [-0.2, -0.15) is 4.31 Å². The molecule has 0 bridgehead atoms. The number of ether oxygens (including phenoxy) is 1. The van der Waals surface area contributed by atoms with Crippen molar-refractivity contribution in [3.05, 3.63) is 65.7 Å². The molecule has 0 unspecified atom stereocenters. The van der Waals surface area contributed by atoms with Gasteiger partial charge in [-0.15, -0.1) is 0 Å². The molecule has 0 radical (unpaired) electrons. The van der Waals surface area contributed by atoms with E-state index in [0.717, 1.165) is 11.1 Å². The van der Waals surface area contributed by atoms with Gasteiger partial charge in [0.05, 0.1) is 18.1 Å². The predicted octanol–water partition coefficient (Wildman–Crippen LogP) is 2.67. The van der Waals surface area contributed by atoms with Crippen molar-refractivity contribution in [2.24, 2.45) is 0 Å². The SMILES string of the molecule is Cc1ccccc1C=CC(=O)Nc1ccc(S(=O)(=O)N2CCOCC2)cc1. The molecule has 0 aliphatic carbocycles. The largest absolute Gasteiger partial charge is 0.379 e. The first-order valence-electron chi connectivity index (χ1n) is 8.69. The van der Waals surface area contributed by atoms with Crippen LogP contribution >= 0.6 is 0 Å². The summed E-state index contributed by atoms with van der Waals surface area (Å²) < 4.78 is 31.8. The van der Waals surface area contributed by atoms with Crippen LogP contribution in [0.3, 0.4) is 0 Å². The highest BCUT2D eigenvalue weighted by atomic mass is 32.2. The number of carbonyl (C=O) groups is 1. The number of hydrogen-bond acceptors (Lipinski definition) is 4. The summed E-state index contributed by atoms with van der Waals surface area (Å²) in [7, 11) is -3.53. The zero-order chi connectivity index (χ0) is 19.3. The highest BCUT2D eigenvalue weighted by Gasteiger charge is 2.26. The Morgan fingerprint density at radius 3 is 2.41 bits per heavy atom. The van der Waals surface area contributed by atoms with E-state index >= 15 is 0 Å². The topological polar surface area (TPSA) is 75.7 Å². The van der Waals surface area contributed by atoms with E-state index in [1.54, 1.807) is 18.2 Å². The maximum Gasteiger partial charge on any atom is 0.248 e. The number of nitrogens with zero attached hydrogens (tertiary/aromatic N) is 1. The predicted molar refractivity (Wildman–Crippen MR) is 105 cm³/mol. The summed E-state index contributed by atoms with van der Waals surface area (Å²) in [4.78, 5) is 12.3. The molecular weight excluding hydrogens is 364 g/mol. The quantitative estimate of drug-likeness (QED) is 0.802. The van der Waals surface area contributed by atoms with Crippen LogP contribution in [0.15, 0.2) is 59.5 Å². The van der Waals surface area contributed by atoms with Crippen molar-refractivity contribution >= 4 is 27.7 Å². The first kappa shape index (κ1) is 19.3. The lowest BCUT2D eigenvalue weighted by Gasteiger charge is -2.26. The molecule has 1 amide bonds. The minimum atomic E-state index is -3.53. The fourth-order valence-corrected chi connectivity index (χ4v) is 4.18. The second-order valence-corrected chi connectivity index (χ2v) is 8.16. The number of aryl methyl sites for hydroxylation is 1. The molecule has 142 valence electrons. The number of morpholine rings is 1. The maximum atomic E-state index is 12.6. The summed E-state index contributed by atoms with van der Waals surface area (Å²) in [5.41, 5.74) is 2.59. The van der Waals surface area contributed by atoms with Crippen LogP contribution in [0, 0.1) is 6.92 Å². The van der Waals surface area contributed by atoms with Crippen molar-refractivity contribution in [3.8, 4) is 0 Å². The van der Waals surface area contributed by atoms with Crippen molar-refractivity contribution in [1.29, 1.82) is 0 Å². The summed E-state index contributed by atoms with van der Waals surface area (Å²) in [5.74, 6) is -0.276. The summed E-state index contributed by atoms with van der Waals surface area (Å²) in [6.07, 6.45) is 3.21. The lowest BCUT2D eigenvalue weighted by Crippen LogP contribution is -2.40. The molecule has 7 heteroatoms. The molecule has 1 heterocycles. The smallest absolute Gasteiger partial charge is 0.248 e. The van der Waals surface area contributed by atoms with Gasteiger partial charge in [-0.3, -0.25) is 4.79 Å². The monoisotopic (exact) mass is 386 g/mol. The Morgan fingerprint density at radius 1 is 1.07 bits per heavy atom. The average Bonchev–Trinajstić information content (AvgIpc) is 2.68. The Labute approximate surface area is 159 Å². The van der Waals surface area contributed by atoms with Gasteiger partial charge in [-0.1, -0.05) is 24.3 Å². The van der Waals surface area contributed by atoms with Crippen LogP contribution in [-0.2, 0) is 19.6 Å². The van der Waals surface area contributed by atoms with E-state index in [0.29, 0.717) is 32.0 Å². The fraction of sp³-hybridized carbons (Fsp3) is 0.250. The van der Waals surface area contributed by atoms with Gasteiger partial charge in [0, 0.05) is 24.9 Å². The number of rotatable bonds is 5. The zero-order valence-electron chi connectivity index (χ0n) is 15.1. The maximum absolute atomic E-state index is 12.6. The van der Waals surface area contributed by atoms with Crippen LogP contribution in [0.1, 0.15) is 11.1 Å². The number of sulfonamides is 1. The molecule has 2 aromatic carbocycles. The Hall–Kier alpha value is -2.48. The summed E-state index contributed by atoms with van der Waals surface area (Å²) in [6, 6.07) is 14.0. The normalized spacial score (nSPS) is 15.7. The van der Waals surface area contributed by atoms with Gasteiger partial charge >= 0.3 is 0 Å². The van der Waals surface area contributed by atoms with Crippen molar-refractivity contribution in [1.82, 2.24) is 4.31 Å². The highest BCUT2D eigenvalue weighted by Crippen LogP contribution is 2.19. The first-order valence-corrected chi connectivity index (χ1v) is 10.1. The molecule has 1 fully saturated rings. The molecule has 2 aromatic rings. The van der Waals surface area contributed by atoms with Gasteiger partial charge in [-0.25, -0.2) is 8.42 Å². The standard InChI is InChI=1S/C20H22N2O4S/c1-16-4-2-3-5-17(16)6-11-20(23)21-18-7-9-19(10-8-18)27(24,25)22-12-14-26-15-13-22/h2-11H,12-15H2,1H3,(H,21,23). The molecule has 1 saturated heterocycles. The third-order valence-corrected chi connectivity index (χ3v) is 6.25.